The average molecular weight is 312 g/mol. The van der Waals surface area contributed by atoms with Crippen molar-refractivity contribution in [3.8, 4) is 17.2 Å². The van der Waals surface area contributed by atoms with Crippen LogP contribution in [0.1, 0.15) is 0 Å². The number of benzene rings is 2. The largest absolute Gasteiger partial charge is 0.508 e. The first-order chi connectivity index (χ1) is 7.24. The third-order valence-electron chi connectivity index (χ3n) is 1.83. The van der Waals surface area contributed by atoms with E-state index in [4.69, 9.17) is 4.74 Å². The van der Waals surface area contributed by atoms with Gasteiger partial charge < -0.3 is 9.84 Å². The molecule has 0 saturated carbocycles. The van der Waals surface area contributed by atoms with Crippen LogP contribution < -0.4 is 4.74 Å². The highest BCUT2D eigenvalue weighted by Gasteiger charge is 2.00. The van der Waals surface area contributed by atoms with E-state index >= 15 is 0 Å². The van der Waals surface area contributed by atoms with E-state index in [-0.39, 0.29) is 5.75 Å². The van der Waals surface area contributed by atoms with Gasteiger partial charge in [-0.15, -0.1) is 0 Å². The number of halogens is 1. The number of aromatic hydroxyl groups is 1. The summed E-state index contributed by atoms with van der Waals surface area (Å²) in [4.78, 5) is 0. The molecule has 0 aromatic heterocycles. The summed E-state index contributed by atoms with van der Waals surface area (Å²) in [6.45, 7) is 0. The zero-order chi connectivity index (χ0) is 10.7. The van der Waals surface area contributed by atoms with Crippen molar-refractivity contribution >= 4 is 22.6 Å². The number of rotatable bonds is 2. The Morgan fingerprint density at radius 1 is 0.933 bits per heavy atom. The summed E-state index contributed by atoms with van der Waals surface area (Å²) in [7, 11) is 0. The van der Waals surface area contributed by atoms with Gasteiger partial charge >= 0.3 is 0 Å². The summed E-state index contributed by atoms with van der Waals surface area (Å²) in [5.74, 6) is 1.62. The lowest BCUT2D eigenvalue weighted by molar-refractivity contribution is 0.454. The standard InChI is InChI=1S/C12H9IO2/c13-9-6-10(14)8-12(7-9)15-11-4-2-1-3-5-11/h1-8,14H. The first kappa shape index (κ1) is 10.3. The minimum atomic E-state index is 0.216. The first-order valence-electron chi connectivity index (χ1n) is 4.46. The molecule has 0 aliphatic carbocycles. The van der Waals surface area contributed by atoms with Crippen molar-refractivity contribution in [3.05, 3.63) is 52.1 Å². The van der Waals surface area contributed by atoms with Crippen molar-refractivity contribution in [1.82, 2.24) is 0 Å². The van der Waals surface area contributed by atoms with Crippen LogP contribution in [0.5, 0.6) is 17.2 Å². The quantitative estimate of drug-likeness (QED) is 0.855. The summed E-state index contributed by atoms with van der Waals surface area (Å²) in [6.07, 6.45) is 0. The highest BCUT2D eigenvalue weighted by atomic mass is 127. The molecule has 2 nitrogen and oxygen atoms in total. The Kier molecular flexibility index (Phi) is 3.11. The molecule has 0 atom stereocenters. The van der Waals surface area contributed by atoms with Crippen LogP contribution in [-0.4, -0.2) is 5.11 Å². The van der Waals surface area contributed by atoms with Crippen LogP contribution >= 0.6 is 22.6 Å². The number of para-hydroxylation sites is 1. The average Bonchev–Trinajstić information content (AvgIpc) is 2.17. The number of hydrogen-bond acceptors (Lipinski definition) is 2. The monoisotopic (exact) mass is 312 g/mol. The molecule has 0 aliphatic rings. The lowest BCUT2D eigenvalue weighted by Crippen LogP contribution is -1.84. The zero-order valence-electron chi connectivity index (χ0n) is 7.85. The summed E-state index contributed by atoms with van der Waals surface area (Å²) >= 11 is 2.13. The van der Waals surface area contributed by atoms with Gasteiger partial charge in [0.05, 0.1) is 0 Å². The van der Waals surface area contributed by atoms with Crippen LogP contribution in [0.4, 0.5) is 0 Å². The second-order valence-corrected chi connectivity index (χ2v) is 4.31. The molecule has 76 valence electrons. The molecule has 2 rings (SSSR count). The Labute approximate surface area is 102 Å². The van der Waals surface area contributed by atoms with Crippen molar-refractivity contribution in [3.63, 3.8) is 0 Å². The van der Waals surface area contributed by atoms with E-state index in [9.17, 15) is 5.11 Å². The minimum absolute atomic E-state index is 0.216. The molecule has 2 aromatic rings. The molecule has 3 heteroatoms. The van der Waals surface area contributed by atoms with Crippen LogP contribution in [0.3, 0.4) is 0 Å². The van der Waals surface area contributed by atoms with Crippen LogP contribution in [0, 0.1) is 3.57 Å². The Morgan fingerprint density at radius 2 is 1.67 bits per heavy atom. The maximum absolute atomic E-state index is 9.39. The van der Waals surface area contributed by atoms with Gasteiger partial charge in [-0.2, -0.15) is 0 Å². The fourth-order valence-electron chi connectivity index (χ4n) is 1.23. The molecule has 1 N–H and O–H groups in total. The molecule has 15 heavy (non-hydrogen) atoms. The number of ether oxygens (including phenoxy) is 1. The van der Waals surface area contributed by atoms with Gasteiger partial charge in [-0.25, -0.2) is 0 Å². The molecule has 0 heterocycles. The van der Waals surface area contributed by atoms with Crippen LogP contribution in [0.25, 0.3) is 0 Å². The van der Waals surface area contributed by atoms with Crippen molar-refractivity contribution in [2.45, 2.75) is 0 Å². The van der Waals surface area contributed by atoms with E-state index in [1.54, 1.807) is 12.1 Å². The van der Waals surface area contributed by atoms with Gasteiger partial charge in [0.2, 0.25) is 0 Å². The van der Waals surface area contributed by atoms with E-state index < -0.39 is 0 Å². The van der Waals surface area contributed by atoms with Crippen molar-refractivity contribution in [2.75, 3.05) is 0 Å². The van der Waals surface area contributed by atoms with Gasteiger partial charge in [-0.3, -0.25) is 0 Å². The fourth-order valence-corrected chi connectivity index (χ4v) is 1.86. The second kappa shape index (κ2) is 4.53. The third-order valence-corrected chi connectivity index (χ3v) is 2.46. The van der Waals surface area contributed by atoms with E-state index in [2.05, 4.69) is 22.6 Å². The molecule has 0 saturated heterocycles. The Hall–Kier alpha value is -1.23. The SMILES string of the molecule is Oc1cc(I)cc(Oc2ccccc2)c1. The first-order valence-corrected chi connectivity index (χ1v) is 5.54. The highest BCUT2D eigenvalue weighted by Crippen LogP contribution is 2.27. The topological polar surface area (TPSA) is 29.5 Å². The molecule has 0 radical (unpaired) electrons. The molecule has 0 aliphatic heterocycles. The zero-order valence-corrected chi connectivity index (χ0v) is 10.0. The smallest absolute Gasteiger partial charge is 0.132 e. The predicted molar refractivity (Wildman–Crippen MR) is 67.3 cm³/mol. The van der Waals surface area contributed by atoms with Crippen molar-refractivity contribution in [2.24, 2.45) is 0 Å². The molecule has 2 aromatic carbocycles. The van der Waals surface area contributed by atoms with Gasteiger partial charge in [0.25, 0.3) is 0 Å². The summed E-state index contributed by atoms with van der Waals surface area (Å²) in [6, 6.07) is 14.6. The highest BCUT2D eigenvalue weighted by molar-refractivity contribution is 14.1. The van der Waals surface area contributed by atoms with E-state index in [1.807, 2.05) is 36.4 Å². The number of phenolic OH excluding ortho intramolecular Hbond substituents is 1. The second-order valence-electron chi connectivity index (χ2n) is 3.06. The van der Waals surface area contributed by atoms with Crippen molar-refractivity contribution in [1.29, 1.82) is 0 Å². The summed E-state index contributed by atoms with van der Waals surface area (Å²) < 4.78 is 6.52. The van der Waals surface area contributed by atoms with Gasteiger partial charge in [0.1, 0.15) is 17.2 Å². The maximum atomic E-state index is 9.39. The Morgan fingerprint density at radius 3 is 2.33 bits per heavy atom. The fraction of sp³-hybridized carbons (Fsp3) is 0. The lowest BCUT2D eigenvalue weighted by atomic mass is 10.3. The van der Waals surface area contributed by atoms with E-state index in [0.717, 1.165) is 9.32 Å². The van der Waals surface area contributed by atoms with Gasteiger partial charge in [-0.05, 0) is 46.9 Å². The van der Waals surface area contributed by atoms with E-state index in [1.165, 1.54) is 0 Å². The predicted octanol–water partition coefficient (Wildman–Crippen LogP) is 3.79. The van der Waals surface area contributed by atoms with E-state index in [0.29, 0.717) is 5.75 Å². The molecular weight excluding hydrogens is 303 g/mol. The molecule has 0 amide bonds. The summed E-state index contributed by atoms with van der Waals surface area (Å²) in [5.41, 5.74) is 0. The van der Waals surface area contributed by atoms with Crippen LogP contribution in [0.15, 0.2) is 48.5 Å². The Balaban J connectivity index is 2.25. The molecule has 0 bridgehead atoms. The van der Waals surface area contributed by atoms with Gasteiger partial charge in [-0.1, -0.05) is 18.2 Å². The van der Waals surface area contributed by atoms with Gasteiger partial charge in [0.15, 0.2) is 0 Å². The minimum Gasteiger partial charge on any atom is -0.508 e. The normalized spacial score (nSPS) is 9.93. The summed E-state index contributed by atoms with van der Waals surface area (Å²) in [5, 5.41) is 9.39. The Bertz CT molecular complexity index is 434. The van der Waals surface area contributed by atoms with Crippen molar-refractivity contribution < 1.29 is 9.84 Å². The third kappa shape index (κ3) is 2.86. The molecule has 0 unspecified atom stereocenters. The number of phenols is 1. The number of hydrogen-bond donors (Lipinski definition) is 1. The molecule has 0 fully saturated rings. The molecular formula is C12H9IO2. The lowest BCUT2D eigenvalue weighted by Gasteiger charge is -2.06. The maximum Gasteiger partial charge on any atom is 0.132 e. The molecule has 0 spiro atoms. The van der Waals surface area contributed by atoms with Crippen LogP contribution in [-0.2, 0) is 0 Å². The van der Waals surface area contributed by atoms with Crippen LogP contribution in [0.2, 0.25) is 0 Å². The van der Waals surface area contributed by atoms with Gasteiger partial charge in [0, 0.05) is 9.64 Å².